The summed E-state index contributed by atoms with van der Waals surface area (Å²) in [7, 11) is -3.54. The van der Waals surface area contributed by atoms with Crippen LogP contribution in [0.4, 0.5) is 0 Å². The van der Waals surface area contributed by atoms with Crippen molar-refractivity contribution < 1.29 is 23.6 Å². The predicted molar refractivity (Wildman–Crippen MR) is 106 cm³/mol. The summed E-state index contributed by atoms with van der Waals surface area (Å²) in [5, 5.41) is 12.3. The van der Waals surface area contributed by atoms with E-state index in [0.29, 0.717) is 5.56 Å². The van der Waals surface area contributed by atoms with Crippen LogP contribution in [0.15, 0.2) is 69.5 Å². The Hall–Kier alpha value is -1.92. The van der Waals surface area contributed by atoms with Crippen LogP contribution in [0.5, 0.6) is 0 Å². The van der Waals surface area contributed by atoms with Crippen molar-refractivity contribution in [1.29, 1.82) is 0 Å². The molecule has 0 amide bonds. The number of benzene rings is 2. The summed E-state index contributed by atoms with van der Waals surface area (Å²) in [6.07, 6.45) is -0.384. The SMILES string of the molecule is CCOP(=O)(C/C(=N\O)C(=O)c1ccc(Sc2ccccc2)cc1)OCC. The van der Waals surface area contributed by atoms with Gasteiger partial charge in [0.05, 0.1) is 19.4 Å². The molecule has 8 heteroatoms. The zero-order chi connectivity index (χ0) is 19.7. The van der Waals surface area contributed by atoms with Gasteiger partial charge in [-0.25, -0.2) is 0 Å². The monoisotopic (exact) mass is 407 g/mol. The predicted octanol–water partition coefficient (Wildman–Crippen LogP) is 5.12. The molecule has 2 aromatic carbocycles. The number of carbonyl (C=O) groups excluding carboxylic acids is 1. The lowest BCUT2D eigenvalue weighted by atomic mass is 10.1. The molecule has 6 nitrogen and oxygen atoms in total. The Balaban J connectivity index is 2.11. The number of nitrogens with zero attached hydrogens (tertiary/aromatic N) is 1. The second-order valence-corrected chi connectivity index (χ2v) is 8.62. The third kappa shape index (κ3) is 6.33. The van der Waals surface area contributed by atoms with Gasteiger partial charge in [0.15, 0.2) is 0 Å². The standard InChI is InChI=1S/C19H22NO5PS/c1-3-24-26(23,25-4-2)14-18(20-22)19(21)15-10-12-17(13-11-15)27-16-8-6-5-7-9-16/h5-13,22H,3-4,14H2,1-2H3/b20-18+. The van der Waals surface area contributed by atoms with Crippen molar-refractivity contribution >= 4 is 30.9 Å². The molecule has 1 N–H and O–H groups in total. The molecule has 0 radical (unpaired) electrons. The van der Waals surface area contributed by atoms with Crippen LogP contribution in [0, 0.1) is 0 Å². The molecule has 0 aliphatic carbocycles. The molecule has 2 aromatic rings. The highest BCUT2D eigenvalue weighted by atomic mass is 32.2. The summed E-state index contributed by atoms with van der Waals surface area (Å²) < 4.78 is 22.9. The average Bonchev–Trinajstić information content (AvgIpc) is 2.67. The molecule has 0 bridgehead atoms. The number of oxime groups is 1. The van der Waals surface area contributed by atoms with E-state index in [9.17, 15) is 14.6 Å². The summed E-state index contributed by atoms with van der Waals surface area (Å²) in [5.41, 5.74) is 0.0726. The Kier molecular flexibility index (Phi) is 8.25. The molecule has 0 aliphatic rings. The topological polar surface area (TPSA) is 85.2 Å². The van der Waals surface area contributed by atoms with Crippen LogP contribution in [0.1, 0.15) is 24.2 Å². The molecule has 27 heavy (non-hydrogen) atoms. The number of carbonyl (C=O) groups is 1. The van der Waals surface area contributed by atoms with Crippen molar-refractivity contribution in [2.45, 2.75) is 23.6 Å². The van der Waals surface area contributed by atoms with E-state index in [1.54, 1.807) is 37.7 Å². The third-order valence-corrected chi connectivity index (χ3v) is 6.48. The summed E-state index contributed by atoms with van der Waals surface area (Å²) >= 11 is 1.57. The second kappa shape index (κ2) is 10.4. The van der Waals surface area contributed by atoms with Crippen LogP contribution < -0.4 is 0 Å². The lowest BCUT2D eigenvalue weighted by Gasteiger charge is -2.16. The van der Waals surface area contributed by atoms with E-state index >= 15 is 0 Å². The number of Topliss-reactive ketones (excluding diaryl/α,β-unsaturated/α-hetero) is 1. The number of hydrogen-bond donors (Lipinski definition) is 1. The fourth-order valence-electron chi connectivity index (χ4n) is 2.32. The smallest absolute Gasteiger partial charge is 0.336 e. The van der Waals surface area contributed by atoms with Crippen LogP contribution in [0.2, 0.25) is 0 Å². The molecular weight excluding hydrogens is 385 g/mol. The fraction of sp³-hybridized carbons (Fsp3) is 0.263. The van der Waals surface area contributed by atoms with Gasteiger partial charge in [-0.1, -0.05) is 35.1 Å². The summed E-state index contributed by atoms with van der Waals surface area (Å²) in [5.74, 6) is -0.520. The van der Waals surface area contributed by atoms with E-state index in [-0.39, 0.29) is 25.1 Å². The van der Waals surface area contributed by atoms with Crippen LogP contribution >= 0.6 is 19.4 Å². The first-order valence-electron chi connectivity index (χ1n) is 8.48. The normalized spacial score (nSPS) is 12.1. The summed E-state index contributed by atoms with van der Waals surface area (Å²) in [4.78, 5) is 14.7. The number of ketones is 1. The molecule has 0 aromatic heterocycles. The molecule has 0 spiro atoms. The van der Waals surface area contributed by atoms with Gasteiger partial charge in [-0.05, 0) is 50.2 Å². The van der Waals surface area contributed by atoms with Crippen LogP contribution in [-0.2, 0) is 13.6 Å². The highest BCUT2D eigenvalue weighted by molar-refractivity contribution is 7.99. The maximum absolute atomic E-state index is 12.6. The third-order valence-electron chi connectivity index (χ3n) is 3.47. The van der Waals surface area contributed by atoms with Gasteiger partial charge >= 0.3 is 7.60 Å². The Labute approximate surface area is 163 Å². The van der Waals surface area contributed by atoms with Gasteiger partial charge in [0.1, 0.15) is 5.71 Å². The van der Waals surface area contributed by atoms with Crippen molar-refractivity contribution in [1.82, 2.24) is 0 Å². The number of rotatable bonds is 10. The van der Waals surface area contributed by atoms with Crippen LogP contribution in [-0.4, -0.2) is 36.1 Å². The molecule has 0 heterocycles. The Morgan fingerprint density at radius 3 is 2.07 bits per heavy atom. The molecule has 0 atom stereocenters. The van der Waals surface area contributed by atoms with Gasteiger partial charge in [-0.3, -0.25) is 9.36 Å². The largest absolute Gasteiger partial charge is 0.411 e. The first kappa shape index (κ1) is 21.4. The van der Waals surface area contributed by atoms with Crippen LogP contribution in [0.3, 0.4) is 0 Å². The molecule has 2 rings (SSSR count). The van der Waals surface area contributed by atoms with E-state index in [2.05, 4.69) is 5.16 Å². The average molecular weight is 407 g/mol. The second-order valence-electron chi connectivity index (χ2n) is 5.42. The van der Waals surface area contributed by atoms with E-state index in [4.69, 9.17) is 9.05 Å². The maximum atomic E-state index is 12.6. The Bertz CT molecular complexity index is 814. The lowest BCUT2D eigenvalue weighted by molar-refractivity contribution is 0.106. The van der Waals surface area contributed by atoms with E-state index in [0.717, 1.165) is 9.79 Å². The molecular formula is C19H22NO5PS. The van der Waals surface area contributed by atoms with Gasteiger partial charge in [-0.15, -0.1) is 0 Å². The summed E-state index contributed by atoms with van der Waals surface area (Å²) in [6, 6.07) is 16.8. The first-order chi connectivity index (χ1) is 13.0. The molecule has 144 valence electrons. The minimum Gasteiger partial charge on any atom is -0.411 e. The van der Waals surface area contributed by atoms with E-state index in [1.165, 1.54) is 0 Å². The van der Waals surface area contributed by atoms with Gasteiger partial charge in [0, 0.05) is 15.4 Å². The maximum Gasteiger partial charge on any atom is 0.336 e. The summed E-state index contributed by atoms with van der Waals surface area (Å²) in [6.45, 7) is 3.67. The highest BCUT2D eigenvalue weighted by Gasteiger charge is 2.30. The first-order valence-corrected chi connectivity index (χ1v) is 11.0. The minimum atomic E-state index is -3.54. The Morgan fingerprint density at radius 2 is 1.56 bits per heavy atom. The zero-order valence-electron chi connectivity index (χ0n) is 15.2. The van der Waals surface area contributed by atoms with E-state index in [1.807, 2.05) is 42.5 Å². The van der Waals surface area contributed by atoms with Crippen molar-refractivity contribution in [2.24, 2.45) is 5.16 Å². The molecule has 0 unspecified atom stereocenters. The van der Waals surface area contributed by atoms with Crippen LogP contribution in [0.25, 0.3) is 0 Å². The van der Waals surface area contributed by atoms with Crippen molar-refractivity contribution in [3.05, 3.63) is 60.2 Å². The van der Waals surface area contributed by atoms with Gasteiger partial charge < -0.3 is 14.3 Å². The lowest BCUT2D eigenvalue weighted by Crippen LogP contribution is -2.20. The molecule has 0 aliphatic heterocycles. The quantitative estimate of drug-likeness (QED) is 0.194. The Morgan fingerprint density at radius 1 is 1.00 bits per heavy atom. The minimum absolute atomic E-state index is 0.162. The highest BCUT2D eigenvalue weighted by Crippen LogP contribution is 2.48. The van der Waals surface area contributed by atoms with Gasteiger partial charge in [0.25, 0.3) is 0 Å². The van der Waals surface area contributed by atoms with Crippen molar-refractivity contribution in [2.75, 3.05) is 19.4 Å². The number of hydrogen-bond acceptors (Lipinski definition) is 7. The van der Waals surface area contributed by atoms with E-state index < -0.39 is 13.4 Å². The zero-order valence-corrected chi connectivity index (χ0v) is 16.9. The van der Waals surface area contributed by atoms with Crippen molar-refractivity contribution in [3.8, 4) is 0 Å². The fourth-order valence-corrected chi connectivity index (χ4v) is 4.77. The molecule has 0 saturated heterocycles. The molecule has 0 saturated carbocycles. The van der Waals surface area contributed by atoms with Crippen molar-refractivity contribution in [3.63, 3.8) is 0 Å². The van der Waals surface area contributed by atoms with Gasteiger partial charge in [-0.2, -0.15) is 0 Å². The molecule has 0 fully saturated rings. The van der Waals surface area contributed by atoms with Gasteiger partial charge in [0.2, 0.25) is 5.78 Å².